The van der Waals surface area contributed by atoms with Crippen molar-refractivity contribution in [1.29, 1.82) is 0 Å². The molecule has 33 heavy (non-hydrogen) atoms. The Morgan fingerprint density at radius 2 is 1.70 bits per heavy atom. The second kappa shape index (κ2) is 9.90. The second-order valence-electron chi connectivity index (χ2n) is 7.40. The molecule has 1 amide bonds. The number of carbonyl (C=O) groups is 2. The minimum absolute atomic E-state index is 0.129. The number of carboxylic acid groups (broad SMARTS) is 1. The van der Waals surface area contributed by atoms with Gasteiger partial charge in [0.1, 0.15) is 0 Å². The van der Waals surface area contributed by atoms with Crippen LogP contribution in [0.4, 0.5) is 10.5 Å². The zero-order valence-corrected chi connectivity index (χ0v) is 19.3. The minimum Gasteiger partial charge on any atom is -0.449 e. The van der Waals surface area contributed by atoms with E-state index in [0.29, 0.717) is 16.3 Å². The van der Waals surface area contributed by atoms with E-state index in [0.717, 1.165) is 21.6 Å². The second-order valence-corrected chi connectivity index (χ2v) is 8.86. The van der Waals surface area contributed by atoms with Gasteiger partial charge in [0, 0.05) is 15.5 Å². The van der Waals surface area contributed by atoms with Gasteiger partial charge in [0.05, 0.1) is 12.2 Å². The molecular formula is C26H20ClNO4S. The lowest BCUT2D eigenvalue weighted by atomic mass is 10.1. The fraction of sp³-hybridized carbons (Fsp3) is 0.0769. The van der Waals surface area contributed by atoms with Crippen molar-refractivity contribution < 1.29 is 19.4 Å². The summed E-state index contributed by atoms with van der Waals surface area (Å²) in [5.74, 6) is -0.275. The summed E-state index contributed by atoms with van der Waals surface area (Å²) in [6.45, 7) is 2.13. The zero-order chi connectivity index (χ0) is 23.4. The van der Waals surface area contributed by atoms with E-state index in [1.54, 1.807) is 30.3 Å². The third-order valence-corrected chi connectivity index (χ3v) is 6.27. The summed E-state index contributed by atoms with van der Waals surface area (Å²) >= 11 is 7.34. The third-order valence-electron chi connectivity index (χ3n) is 4.98. The number of benzene rings is 3. The minimum atomic E-state index is -1.44. The number of rotatable bonds is 6. The molecule has 0 saturated heterocycles. The Morgan fingerprint density at radius 3 is 2.36 bits per heavy atom. The van der Waals surface area contributed by atoms with Crippen LogP contribution in [0.5, 0.6) is 5.06 Å². The van der Waals surface area contributed by atoms with Crippen molar-refractivity contribution in [2.75, 3.05) is 4.90 Å². The Labute approximate surface area is 200 Å². The first-order valence-electron chi connectivity index (χ1n) is 10.1. The Hall–Kier alpha value is -3.61. The van der Waals surface area contributed by atoms with Crippen molar-refractivity contribution in [2.45, 2.75) is 13.5 Å². The third kappa shape index (κ3) is 5.42. The molecule has 4 rings (SSSR count). The number of amides is 1. The van der Waals surface area contributed by atoms with Crippen molar-refractivity contribution >= 4 is 40.7 Å². The van der Waals surface area contributed by atoms with Crippen LogP contribution in [-0.4, -0.2) is 17.2 Å². The Morgan fingerprint density at radius 1 is 0.970 bits per heavy atom. The van der Waals surface area contributed by atoms with Crippen LogP contribution in [0.1, 0.15) is 21.5 Å². The molecule has 0 aliphatic heterocycles. The maximum Gasteiger partial charge on any atom is 0.512 e. The molecule has 0 aliphatic rings. The number of carbonyl (C=O) groups excluding carboxylic acids is 1. The summed E-state index contributed by atoms with van der Waals surface area (Å²) in [4.78, 5) is 27.4. The van der Waals surface area contributed by atoms with E-state index in [-0.39, 0.29) is 17.5 Å². The molecule has 1 aromatic heterocycles. The van der Waals surface area contributed by atoms with Crippen molar-refractivity contribution in [2.24, 2.45) is 0 Å². The summed E-state index contributed by atoms with van der Waals surface area (Å²) in [5.41, 5.74) is 3.60. The highest BCUT2D eigenvalue weighted by Crippen LogP contribution is 2.44. The van der Waals surface area contributed by atoms with Crippen molar-refractivity contribution in [3.8, 4) is 15.5 Å². The van der Waals surface area contributed by atoms with Gasteiger partial charge in [-0.25, -0.2) is 4.79 Å². The van der Waals surface area contributed by atoms with E-state index in [9.17, 15) is 14.7 Å². The molecule has 3 aromatic carbocycles. The number of nitrogens with zero attached hydrogens (tertiary/aromatic N) is 1. The summed E-state index contributed by atoms with van der Waals surface area (Å²) in [7, 11) is 0. The molecule has 0 bridgehead atoms. The molecule has 0 fully saturated rings. The maximum absolute atomic E-state index is 13.6. The van der Waals surface area contributed by atoms with E-state index < -0.39 is 6.16 Å². The summed E-state index contributed by atoms with van der Waals surface area (Å²) in [6.07, 6.45) is -1.44. The first-order valence-corrected chi connectivity index (χ1v) is 11.3. The molecule has 0 radical (unpaired) electrons. The molecule has 5 nitrogen and oxygen atoms in total. The molecule has 166 valence electrons. The highest BCUT2D eigenvalue weighted by molar-refractivity contribution is 7.18. The lowest BCUT2D eigenvalue weighted by Crippen LogP contribution is -2.30. The van der Waals surface area contributed by atoms with Crippen LogP contribution in [0.25, 0.3) is 10.4 Å². The number of halogens is 1. The normalized spacial score (nSPS) is 10.6. The Balaban J connectivity index is 1.83. The average Bonchev–Trinajstić information content (AvgIpc) is 3.21. The van der Waals surface area contributed by atoms with Gasteiger partial charge in [0.25, 0.3) is 5.91 Å². The SMILES string of the molecule is Cc1ccc(C(=O)N(Cc2cccc(Cl)c2)c2cc(-c3ccccc3)sc2OC(=O)O)cc1. The Bertz CT molecular complexity index is 1290. The van der Waals surface area contributed by atoms with Crippen LogP contribution in [0, 0.1) is 6.92 Å². The highest BCUT2D eigenvalue weighted by Gasteiger charge is 2.26. The van der Waals surface area contributed by atoms with E-state index in [1.807, 2.05) is 61.5 Å². The van der Waals surface area contributed by atoms with E-state index >= 15 is 0 Å². The van der Waals surface area contributed by atoms with Crippen LogP contribution in [0.15, 0.2) is 84.9 Å². The van der Waals surface area contributed by atoms with Gasteiger partial charge in [-0.05, 0) is 48.4 Å². The molecule has 0 unspecified atom stereocenters. The fourth-order valence-electron chi connectivity index (χ4n) is 3.39. The zero-order valence-electron chi connectivity index (χ0n) is 17.7. The number of thiophene rings is 1. The van der Waals surface area contributed by atoms with Gasteiger partial charge in [-0.15, -0.1) is 0 Å². The molecule has 4 aromatic rings. The number of aryl methyl sites for hydroxylation is 1. The van der Waals surface area contributed by atoms with Crippen molar-refractivity contribution in [3.63, 3.8) is 0 Å². The molecule has 0 aliphatic carbocycles. The van der Waals surface area contributed by atoms with Gasteiger partial charge in [-0.3, -0.25) is 9.69 Å². The molecule has 0 atom stereocenters. The Kier molecular flexibility index (Phi) is 6.77. The van der Waals surface area contributed by atoms with E-state index in [4.69, 9.17) is 16.3 Å². The van der Waals surface area contributed by atoms with Crippen LogP contribution in [-0.2, 0) is 6.54 Å². The first kappa shape index (κ1) is 22.6. The van der Waals surface area contributed by atoms with Gasteiger partial charge in [0.2, 0.25) is 5.06 Å². The van der Waals surface area contributed by atoms with Gasteiger partial charge < -0.3 is 9.84 Å². The number of anilines is 1. The summed E-state index contributed by atoms with van der Waals surface area (Å²) < 4.78 is 5.11. The summed E-state index contributed by atoms with van der Waals surface area (Å²) in [6, 6.07) is 25.8. The predicted molar refractivity (Wildman–Crippen MR) is 132 cm³/mol. The van der Waals surface area contributed by atoms with Crippen LogP contribution >= 0.6 is 22.9 Å². The average molecular weight is 478 g/mol. The van der Waals surface area contributed by atoms with Crippen LogP contribution in [0.2, 0.25) is 5.02 Å². The lowest BCUT2D eigenvalue weighted by Gasteiger charge is -2.23. The smallest absolute Gasteiger partial charge is 0.449 e. The standard InChI is InChI=1S/C26H20ClNO4S/c1-17-10-12-20(13-11-17)24(29)28(16-18-6-5-9-21(27)14-18)22-15-23(19-7-3-2-4-8-19)33-25(22)32-26(30)31/h2-15H,16H2,1H3,(H,30,31). The number of hydrogen-bond acceptors (Lipinski definition) is 4. The molecule has 1 heterocycles. The van der Waals surface area contributed by atoms with Gasteiger partial charge >= 0.3 is 6.16 Å². The highest BCUT2D eigenvalue weighted by atomic mass is 35.5. The topological polar surface area (TPSA) is 66.8 Å². The maximum atomic E-state index is 13.6. The molecule has 0 spiro atoms. The largest absolute Gasteiger partial charge is 0.512 e. The van der Waals surface area contributed by atoms with Crippen molar-refractivity contribution in [1.82, 2.24) is 0 Å². The molecule has 1 N–H and O–H groups in total. The quantitative estimate of drug-likeness (QED) is 0.296. The van der Waals surface area contributed by atoms with Crippen molar-refractivity contribution in [3.05, 3.63) is 107 Å². The monoisotopic (exact) mass is 477 g/mol. The van der Waals surface area contributed by atoms with Gasteiger partial charge in [-0.1, -0.05) is 83.1 Å². The van der Waals surface area contributed by atoms with E-state index in [1.165, 1.54) is 16.2 Å². The lowest BCUT2D eigenvalue weighted by molar-refractivity contribution is 0.0983. The molecule has 0 saturated carbocycles. The van der Waals surface area contributed by atoms with Gasteiger partial charge in [0.15, 0.2) is 0 Å². The van der Waals surface area contributed by atoms with Crippen LogP contribution < -0.4 is 9.64 Å². The summed E-state index contributed by atoms with van der Waals surface area (Å²) in [5, 5.41) is 10.0. The predicted octanol–water partition coefficient (Wildman–Crippen LogP) is 7.28. The van der Waals surface area contributed by atoms with Gasteiger partial charge in [-0.2, -0.15) is 0 Å². The molecule has 7 heteroatoms. The molecular weight excluding hydrogens is 458 g/mol. The first-order chi connectivity index (χ1) is 15.9. The van der Waals surface area contributed by atoms with E-state index in [2.05, 4.69) is 0 Å². The fourth-order valence-corrected chi connectivity index (χ4v) is 4.61. The number of hydrogen-bond donors (Lipinski definition) is 1. The number of ether oxygens (including phenoxy) is 1. The van der Waals surface area contributed by atoms with Crippen LogP contribution in [0.3, 0.4) is 0 Å².